The number of piperazine rings is 1. The highest BCUT2D eigenvalue weighted by Gasteiger charge is 2.21. The van der Waals surface area contributed by atoms with Crippen molar-refractivity contribution in [1.82, 2.24) is 9.80 Å². The van der Waals surface area contributed by atoms with Crippen LogP contribution in [-0.4, -0.2) is 66.9 Å². The molecule has 1 fully saturated rings. The maximum Gasteiger partial charge on any atom is 0.409 e. The van der Waals surface area contributed by atoms with E-state index in [1.165, 1.54) is 0 Å². The second kappa shape index (κ2) is 8.31. The standard InChI is InChI=1S/C12H24N2O3/c1-2-17-12(16)14-9-7-13(8-10-14)6-4-3-5-11-15/h15H,2-11H2,1H3. The van der Waals surface area contributed by atoms with Crippen LogP contribution in [0.4, 0.5) is 4.79 Å². The van der Waals surface area contributed by atoms with Gasteiger partial charge in [-0.15, -0.1) is 0 Å². The van der Waals surface area contributed by atoms with Crippen LogP contribution >= 0.6 is 0 Å². The minimum absolute atomic E-state index is 0.188. The molecule has 1 heterocycles. The van der Waals surface area contributed by atoms with E-state index in [4.69, 9.17) is 9.84 Å². The van der Waals surface area contributed by atoms with Gasteiger partial charge in [0.25, 0.3) is 0 Å². The molecule has 1 aliphatic rings. The van der Waals surface area contributed by atoms with E-state index in [0.717, 1.165) is 52.0 Å². The molecular formula is C12H24N2O3. The molecule has 1 saturated heterocycles. The van der Waals surface area contributed by atoms with Crippen molar-refractivity contribution in [2.75, 3.05) is 45.9 Å². The summed E-state index contributed by atoms with van der Waals surface area (Å²) in [6, 6.07) is 0. The minimum Gasteiger partial charge on any atom is -0.450 e. The van der Waals surface area contributed by atoms with Gasteiger partial charge in [0.1, 0.15) is 0 Å². The third-order valence-corrected chi connectivity index (χ3v) is 3.03. The normalized spacial score (nSPS) is 17.2. The minimum atomic E-state index is -0.188. The SMILES string of the molecule is CCOC(=O)N1CCN(CCCCCO)CC1. The number of unbranched alkanes of at least 4 members (excludes halogenated alkanes) is 2. The van der Waals surface area contributed by atoms with Crippen LogP contribution in [0, 0.1) is 0 Å². The third kappa shape index (κ3) is 5.37. The van der Waals surface area contributed by atoms with Gasteiger partial charge in [0.15, 0.2) is 0 Å². The smallest absolute Gasteiger partial charge is 0.409 e. The summed E-state index contributed by atoms with van der Waals surface area (Å²) in [6.45, 7) is 7.01. The maximum absolute atomic E-state index is 11.5. The highest BCUT2D eigenvalue weighted by Crippen LogP contribution is 2.06. The fourth-order valence-corrected chi connectivity index (χ4v) is 1.99. The number of carbonyl (C=O) groups excluding carboxylic acids is 1. The van der Waals surface area contributed by atoms with Crippen molar-refractivity contribution >= 4 is 6.09 Å². The van der Waals surface area contributed by atoms with Crippen LogP contribution in [0.3, 0.4) is 0 Å². The number of ether oxygens (including phenoxy) is 1. The molecule has 1 amide bonds. The molecule has 0 aromatic carbocycles. The van der Waals surface area contributed by atoms with Crippen molar-refractivity contribution in [2.45, 2.75) is 26.2 Å². The summed E-state index contributed by atoms with van der Waals surface area (Å²) in [7, 11) is 0. The summed E-state index contributed by atoms with van der Waals surface area (Å²) in [5.74, 6) is 0. The summed E-state index contributed by atoms with van der Waals surface area (Å²) in [4.78, 5) is 15.6. The molecule has 5 nitrogen and oxygen atoms in total. The molecule has 0 spiro atoms. The van der Waals surface area contributed by atoms with Crippen molar-refractivity contribution in [1.29, 1.82) is 0 Å². The van der Waals surface area contributed by atoms with Crippen molar-refractivity contribution < 1.29 is 14.6 Å². The second-order valence-corrected chi connectivity index (χ2v) is 4.31. The molecule has 0 saturated carbocycles. The Kier molecular flexibility index (Phi) is 6.96. The lowest BCUT2D eigenvalue weighted by Gasteiger charge is -2.33. The van der Waals surface area contributed by atoms with Crippen molar-refractivity contribution in [3.05, 3.63) is 0 Å². The molecule has 0 aliphatic carbocycles. The third-order valence-electron chi connectivity index (χ3n) is 3.03. The van der Waals surface area contributed by atoms with Gasteiger partial charge in [-0.25, -0.2) is 4.79 Å². The number of amides is 1. The van der Waals surface area contributed by atoms with Gasteiger partial charge in [-0.1, -0.05) is 0 Å². The molecular weight excluding hydrogens is 220 g/mol. The number of carbonyl (C=O) groups is 1. The van der Waals surface area contributed by atoms with Gasteiger partial charge in [0.05, 0.1) is 6.61 Å². The van der Waals surface area contributed by atoms with Gasteiger partial charge in [0, 0.05) is 32.8 Å². The zero-order valence-corrected chi connectivity index (χ0v) is 10.7. The summed E-state index contributed by atoms with van der Waals surface area (Å²) < 4.78 is 4.97. The molecule has 0 aromatic heterocycles. The molecule has 0 atom stereocenters. The fraction of sp³-hybridized carbons (Fsp3) is 0.917. The van der Waals surface area contributed by atoms with E-state index in [2.05, 4.69) is 4.90 Å². The zero-order chi connectivity index (χ0) is 12.5. The van der Waals surface area contributed by atoms with Crippen LogP contribution in [0.1, 0.15) is 26.2 Å². The van der Waals surface area contributed by atoms with Gasteiger partial charge < -0.3 is 14.7 Å². The molecule has 1 N–H and O–H groups in total. The van der Waals surface area contributed by atoms with E-state index < -0.39 is 0 Å². The van der Waals surface area contributed by atoms with E-state index in [9.17, 15) is 4.79 Å². The van der Waals surface area contributed by atoms with Gasteiger partial charge in [0.2, 0.25) is 0 Å². The molecule has 1 aliphatic heterocycles. The number of aliphatic hydroxyl groups excluding tert-OH is 1. The van der Waals surface area contributed by atoms with E-state index in [1.807, 2.05) is 6.92 Å². The largest absolute Gasteiger partial charge is 0.450 e. The first-order valence-corrected chi connectivity index (χ1v) is 6.53. The van der Waals surface area contributed by atoms with Crippen LogP contribution in [0.2, 0.25) is 0 Å². The highest BCUT2D eigenvalue weighted by molar-refractivity contribution is 5.67. The number of hydrogen-bond acceptors (Lipinski definition) is 4. The van der Waals surface area contributed by atoms with Crippen LogP contribution < -0.4 is 0 Å². The fourth-order valence-electron chi connectivity index (χ4n) is 1.99. The molecule has 0 unspecified atom stereocenters. The highest BCUT2D eigenvalue weighted by atomic mass is 16.6. The van der Waals surface area contributed by atoms with Gasteiger partial charge >= 0.3 is 6.09 Å². The average molecular weight is 244 g/mol. The Morgan fingerprint density at radius 2 is 1.88 bits per heavy atom. The van der Waals surface area contributed by atoms with Gasteiger partial charge in [-0.3, -0.25) is 4.90 Å². The van der Waals surface area contributed by atoms with E-state index in [0.29, 0.717) is 6.61 Å². The summed E-state index contributed by atoms with van der Waals surface area (Å²) in [5.41, 5.74) is 0. The van der Waals surface area contributed by atoms with Crippen LogP contribution in [-0.2, 0) is 4.74 Å². The molecule has 0 radical (unpaired) electrons. The maximum atomic E-state index is 11.5. The molecule has 17 heavy (non-hydrogen) atoms. The Morgan fingerprint density at radius 1 is 1.18 bits per heavy atom. The summed E-state index contributed by atoms with van der Waals surface area (Å²) in [6.07, 6.45) is 2.91. The first-order valence-electron chi connectivity index (χ1n) is 6.53. The lowest BCUT2D eigenvalue weighted by molar-refractivity contribution is 0.0791. The van der Waals surface area contributed by atoms with E-state index >= 15 is 0 Å². The molecule has 5 heteroatoms. The number of aliphatic hydroxyl groups is 1. The topological polar surface area (TPSA) is 53.0 Å². The van der Waals surface area contributed by atoms with Crippen LogP contribution in [0.15, 0.2) is 0 Å². The Morgan fingerprint density at radius 3 is 2.47 bits per heavy atom. The van der Waals surface area contributed by atoms with Gasteiger partial charge in [-0.2, -0.15) is 0 Å². The summed E-state index contributed by atoms with van der Waals surface area (Å²) >= 11 is 0. The molecule has 0 bridgehead atoms. The Balaban J connectivity index is 2.11. The first-order chi connectivity index (χ1) is 8.27. The van der Waals surface area contributed by atoms with Crippen LogP contribution in [0.5, 0.6) is 0 Å². The van der Waals surface area contributed by atoms with Gasteiger partial charge in [-0.05, 0) is 32.7 Å². The predicted octanol–water partition coefficient (Wildman–Crippen LogP) is 0.923. The van der Waals surface area contributed by atoms with Crippen LogP contribution in [0.25, 0.3) is 0 Å². The average Bonchev–Trinajstić information content (AvgIpc) is 2.36. The number of nitrogens with zero attached hydrogens (tertiary/aromatic N) is 2. The lowest BCUT2D eigenvalue weighted by atomic mass is 10.2. The number of hydrogen-bond donors (Lipinski definition) is 1. The quantitative estimate of drug-likeness (QED) is 0.706. The molecule has 100 valence electrons. The van der Waals surface area contributed by atoms with Crippen molar-refractivity contribution in [2.24, 2.45) is 0 Å². The predicted molar refractivity (Wildman–Crippen MR) is 66.0 cm³/mol. The number of rotatable bonds is 6. The van der Waals surface area contributed by atoms with E-state index in [-0.39, 0.29) is 12.7 Å². The van der Waals surface area contributed by atoms with Crippen molar-refractivity contribution in [3.63, 3.8) is 0 Å². The Labute approximate surface area is 103 Å². The van der Waals surface area contributed by atoms with E-state index in [1.54, 1.807) is 4.90 Å². The molecule has 0 aromatic rings. The monoisotopic (exact) mass is 244 g/mol. The molecule has 1 rings (SSSR count). The lowest BCUT2D eigenvalue weighted by Crippen LogP contribution is -2.49. The van der Waals surface area contributed by atoms with Crippen molar-refractivity contribution in [3.8, 4) is 0 Å². The zero-order valence-electron chi connectivity index (χ0n) is 10.7. The summed E-state index contributed by atoms with van der Waals surface area (Å²) in [5, 5.41) is 8.68. The Hall–Kier alpha value is -0.810. The first kappa shape index (κ1) is 14.3. The Bertz CT molecular complexity index is 216. The second-order valence-electron chi connectivity index (χ2n) is 4.31.